The lowest BCUT2D eigenvalue weighted by atomic mass is 10.4. The van der Waals surface area contributed by atoms with E-state index >= 15 is 0 Å². The second-order valence-electron chi connectivity index (χ2n) is 4.97. The number of aryl methyl sites for hydroxylation is 1. The zero-order chi connectivity index (χ0) is 17.5. The normalized spacial score (nSPS) is 11.8. The highest BCUT2D eigenvalue weighted by Crippen LogP contribution is 2.33. The third-order valence-electron chi connectivity index (χ3n) is 3.41. The van der Waals surface area contributed by atoms with Crippen molar-refractivity contribution in [2.75, 3.05) is 13.4 Å². The van der Waals surface area contributed by atoms with Gasteiger partial charge in [0.15, 0.2) is 10.5 Å². The largest absolute Gasteiger partial charge is 0.481 e. The summed E-state index contributed by atoms with van der Waals surface area (Å²) in [4.78, 5) is 4.29. The lowest BCUT2D eigenvalue weighted by Gasteiger charge is -2.06. The molecule has 0 saturated heterocycles. The van der Waals surface area contributed by atoms with Crippen LogP contribution in [0.1, 0.15) is 5.69 Å². The van der Waals surface area contributed by atoms with Crippen molar-refractivity contribution in [2.45, 2.75) is 21.7 Å². The lowest BCUT2D eigenvalue weighted by molar-refractivity contribution is 0.383. The molecule has 0 bridgehead atoms. The van der Waals surface area contributed by atoms with Gasteiger partial charge in [0.05, 0.1) is 12.0 Å². The molecule has 0 saturated carbocycles. The van der Waals surface area contributed by atoms with Gasteiger partial charge in [0.25, 0.3) is 0 Å². The summed E-state index contributed by atoms with van der Waals surface area (Å²) in [6.45, 7) is 1.74. The molecule has 0 aliphatic heterocycles. The molecule has 126 valence electrons. The number of hydrogen-bond donors (Lipinski definition) is 0. The summed E-state index contributed by atoms with van der Waals surface area (Å²) in [6, 6.07) is 6.34. The topological polar surface area (TPSA) is 73.6 Å². The third kappa shape index (κ3) is 2.63. The van der Waals surface area contributed by atoms with E-state index in [1.54, 1.807) is 19.2 Å². The summed E-state index contributed by atoms with van der Waals surface area (Å²) >= 11 is 1.19. The summed E-state index contributed by atoms with van der Waals surface area (Å²) in [5.41, 5.74) is 0.781. The van der Waals surface area contributed by atoms with E-state index in [2.05, 4.69) is 10.1 Å². The molecule has 0 amide bonds. The van der Waals surface area contributed by atoms with Crippen molar-refractivity contribution in [2.24, 2.45) is 0 Å². The van der Waals surface area contributed by atoms with Crippen LogP contribution in [0.15, 0.2) is 45.1 Å². The first-order valence-corrected chi connectivity index (χ1v) is 9.58. The van der Waals surface area contributed by atoms with E-state index < -0.39 is 15.7 Å². The number of nitrogens with zero attached hydrogens (tertiary/aromatic N) is 3. The summed E-state index contributed by atoms with van der Waals surface area (Å²) in [5.74, 6) is -0.122. The highest BCUT2D eigenvalue weighted by molar-refractivity contribution is 7.99. The molecule has 24 heavy (non-hydrogen) atoms. The Morgan fingerprint density at radius 3 is 2.50 bits per heavy atom. The molecule has 0 fully saturated rings. The Morgan fingerprint density at radius 2 is 1.92 bits per heavy atom. The molecule has 3 aromatic rings. The van der Waals surface area contributed by atoms with Crippen LogP contribution in [-0.2, 0) is 9.84 Å². The van der Waals surface area contributed by atoms with E-state index in [0.29, 0.717) is 16.6 Å². The van der Waals surface area contributed by atoms with Gasteiger partial charge in [-0.05, 0) is 37.4 Å². The van der Waals surface area contributed by atoms with E-state index in [1.807, 2.05) is 0 Å². The molecule has 9 heteroatoms. The molecule has 0 N–H and O–H groups in total. The predicted octanol–water partition coefficient (Wildman–Crippen LogP) is 2.74. The zero-order valence-electron chi connectivity index (χ0n) is 13.1. The minimum Gasteiger partial charge on any atom is -0.481 e. The number of rotatable bonds is 4. The van der Waals surface area contributed by atoms with E-state index in [-0.39, 0.29) is 15.4 Å². The number of fused-ring (bicyclic) bond motifs is 1. The first-order valence-electron chi connectivity index (χ1n) is 6.87. The van der Waals surface area contributed by atoms with Crippen molar-refractivity contribution in [3.8, 4) is 5.88 Å². The molecule has 1 aromatic carbocycles. The summed E-state index contributed by atoms with van der Waals surface area (Å²) in [5, 5.41) is 4.59. The van der Waals surface area contributed by atoms with Crippen LogP contribution in [0.5, 0.6) is 5.88 Å². The fraction of sp³-hybridized carbons (Fsp3) is 0.200. The van der Waals surface area contributed by atoms with Gasteiger partial charge in [-0.3, -0.25) is 0 Å². The van der Waals surface area contributed by atoms with Crippen molar-refractivity contribution in [1.29, 1.82) is 0 Å². The fourth-order valence-corrected chi connectivity index (χ4v) is 4.70. The van der Waals surface area contributed by atoms with Gasteiger partial charge < -0.3 is 4.74 Å². The molecule has 0 spiro atoms. The Bertz CT molecular complexity index is 1010. The van der Waals surface area contributed by atoms with E-state index in [1.165, 1.54) is 35.5 Å². The molecule has 0 atom stereocenters. The van der Waals surface area contributed by atoms with Gasteiger partial charge in [-0.25, -0.2) is 17.8 Å². The molecule has 0 aliphatic rings. The Hall–Kier alpha value is -2.13. The molecule has 0 radical (unpaired) electrons. The summed E-state index contributed by atoms with van der Waals surface area (Å²) < 4.78 is 45.8. The van der Waals surface area contributed by atoms with Crippen LogP contribution < -0.4 is 4.74 Å². The van der Waals surface area contributed by atoms with Crippen LogP contribution in [0.4, 0.5) is 4.39 Å². The van der Waals surface area contributed by atoms with Crippen LogP contribution in [0.2, 0.25) is 0 Å². The van der Waals surface area contributed by atoms with E-state index in [9.17, 15) is 12.8 Å². The van der Waals surface area contributed by atoms with Crippen molar-refractivity contribution in [3.63, 3.8) is 0 Å². The van der Waals surface area contributed by atoms with Gasteiger partial charge in [-0.2, -0.15) is 9.61 Å². The maximum Gasteiger partial charge on any atom is 0.218 e. The van der Waals surface area contributed by atoms with Crippen LogP contribution >= 0.6 is 11.8 Å². The van der Waals surface area contributed by atoms with Crippen LogP contribution in [0, 0.1) is 12.7 Å². The summed E-state index contributed by atoms with van der Waals surface area (Å²) in [6.07, 6.45) is 1.73. The fourth-order valence-electron chi connectivity index (χ4n) is 2.31. The number of ether oxygens (including phenoxy) is 1. The Balaban J connectivity index is 2.36. The Labute approximate surface area is 142 Å². The lowest BCUT2D eigenvalue weighted by Crippen LogP contribution is -2.05. The van der Waals surface area contributed by atoms with Gasteiger partial charge in [0, 0.05) is 11.8 Å². The van der Waals surface area contributed by atoms with E-state index in [0.717, 1.165) is 12.1 Å². The highest BCUT2D eigenvalue weighted by Gasteiger charge is 2.29. The molecule has 0 unspecified atom stereocenters. The smallest absolute Gasteiger partial charge is 0.218 e. The maximum absolute atomic E-state index is 13.1. The van der Waals surface area contributed by atoms with Gasteiger partial charge in [-0.15, -0.1) is 11.8 Å². The van der Waals surface area contributed by atoms with Crippen molar-refractivity contribution >= 4 is 27.2 Å². The minimum absolute atomic E-state index is 0.0105. The van der Waals surface area contributed by atoms with Crippen molar-refractivity contribution < 1.29 is 17.5 Å². The van der Waals surface area contributed by atoms with Gasteiger partial charge in [-0.1, -0.05) is 0 Å². The number of methoxy groups -OCH3 is 1. The first kappa shape index (κ1) is 16.7. The quantitative estimate of drug-likeness (QED) is 0.521. The number of hydrogen-bond acceptors (Lipinski definition) is 6. The molecule has 2 aromatic heterocycles. The molecular formula is C15H14FN3O3S2. The number of benzene rings is 1. The van der Waals surface area contributed by atoms with Crippen molar-refractivity contribution in [3.05, 3.63) is 41.8 Å². The minimum atomic E-state index is -3.91. The summed E-state index contributed by atoms with van der Waals surface area (Å²) in [7, 11) is -2.44. The zero-order valence-corrected chi connectivity index (χ0v) is 14.8. The molecule has 2 heterocycles. The molecular weight excluding hydrogens is 353 g/mol. The standard InChI is InChI=1S/C15H14FN3O3S2/c1-9-8-12(22-2)19-14(17-9)13(15(18-19)23-3)24(20,21)11-6-4-10(16)5-7-11/h4-8H,1-3H3. The second-order valence-corrected chi connectivity index (χ2v) is 7.65. The molecule has 0 aliphatic carbocycles. The molecule has 6 nitrogen and oxygen atoms in total. The van der Waals surface area contributed by atoms with Crippen LogP contribution in [-0.4, -0.2) is 36.4 Å². The maximum atomic E-state index is 13.1. The Kier molecular flexibility index (Phi) is 4.22. The predicted molar refractivity (Wildman–Crippen MR) is 87.9 cm³/mol. The van der Waals surface area contributed by atoms with Crippen LogP contribution in [0.3, 0.4) is 0 Å². The number of sulfone groups is 1. The number of halogens is 1. The van der Waals surface area contributed by atoms with E-state index in [4.69, 9.17) is 4.74 Å². The number of thioether (sulfide) groups is 1. The Morgan fingerprint density at radius 1 is 1.25 bits per heavy atom. The van der Waals surface area contributed by atoms with Gasteiger partial charge >= 0.3 is 0 Å². The third-order valence-corrected chi connectivity index (χ3v) is 6.02. The van der Waals surface area contributed by atoms with Crippen molar-refractivity contribution in [1.82, 2.24) is 14.6 Å². The van der Waals surface area contributed by atoms with Gasteiger partial charge in [0.2, 0.25) is 15.7 Å². The number of aromatic nitrogens is 3. The highest BCUT2D eigenvalue weighted by atomic mass is 32.2. The average Bonchev–Trinajstić information content (AvgIpc) is 2.93. The average molecular weight is 367 g/mol. The first-order chi connectivity index (χ1) is 11.4. The van der Waals surface area contributed by atoms with Gasteiger partial charge in [0.1, 0.15) is 10.8 Å². The van der Waals surface area contributed by atoms with Crippen LogP contribution in [0.25, 0.3) is 5.65 Å². The molecule has 3 rings (SSSR count). The SMILES string of the molecule is COc1cc(C)nc2c(S(=O)(=O)c3ccc(F)cc3)c(SC)nn12. The second kappa shape index (κ2) is 6.06. The monoisotopic (exact) mass is 367 g/mol.